The molecule has 0 aliphatic heterocycles. The van der Waals surface area contributed by atoms with Crippen LogP contribution in [0.25, 0.3) is 0 Å². The number of methoxy groups -OCH3 is 1. The molecule has 0 heterocycles. The molecule has 2 N–H and O–H groups in total. The molecule has 10 heteroatoms. The van der Waals surface area contributed by atoms with E-state index >= 15 is 0 Å². The number of nitro groups is 1. The van der Waals surface area contributed by atoms with Crippen LogP contribution in [0.3, 0.4) is 0 Å². The molecule has 132 valence electrons. The van der Waals surface area contributed by atoms with E-state index in [4.69, 9.17) is 4.74 Å². The zero-order chi connectivity index (χ0) is 18.4. The molecule has 2 aromatic rings. The van der Waals surface area contributed by atoms with Crippen molar-refractivity contribution in [1.29, 1.82) is 0 Å². The highest BCUT2D eigenvalue weighted by molar-refractivity contribution is 7.90. The number of hydrogen-bond donors (Lipinski definition) is 2. The second-order valence-electron chi connectivity index (χ2n) is 4.87. The molecule has 2 aromatic carbocycles. The molecule has 0 spiro atoms. The van der Waals surface area contributed by atoms with Crippen LogP contribution in [0.1, 0.15) is 0 Å². The number of amides is 1. The van der Waals surface area contributed by atoms with Crippen LogP contribution in [-0.4, -0.2) is 32.9 Å². The fourth-order valence-electron chi connectivity index (χ4n) is 1.91. The monoisotopic (exact) mass is 365 g/mol. The van der Waals surface area contributed by atoms with E-state index in [0.717, 1.165) is 0 Å². The number of rotatable bonds is 7. The summed E-state index contributed by atoms with van der Waals surface area (Å²) in [5.41, 5.74) is 0.183. The highest BCUT2D eigenvalue weighted by Crippen LogP contribution is 2.17. The Morgan fingerprint density at radius 3 is 2.48 bits per heavy atom. The summed E-state index contributed by atoms with van der Waals surface area (Å²) in [6, 6.07) is 11.1. The number of nitro benzene ring substituents is 1. The number of sulfonamides is 1. The third kappa shape index (κ3) is 4.91. The average Bonchev–Trinajstić information content (AvgIpc) is 2.60. The van der Waals surface area contributed by atoms with Gasteiger partial charge >= 0.3 is 0 Å². The van der Waals surface area contributed by atoms with Crippen LogP contribution >= 0.6 is 0 Å². The fourth-order valence-corrected chi connectivity index (χ4v) is 2.90. The van der Waals surface area contributed by atoms with Crippen LogP contribution < -0.4 is 14.8 Å². The van der Waals surface area contributed by atoms with E-state index in [0.29, 0.717) is 11.4 Å². The lowest BCUT2D eigenvalue weighted by Crippen LogP contribution is -2.35. The highest BCUT2D eigenvalue weighted by atomic mass is 32.2. The van der Waals surface area contributed by atoms with Gasteiger partial charge < -0.3 is 10.1 Å². The molecule has 9 nitrogen and oxygen atoms in total. The summed E-state index contributed by atoms with van der Waals surface area (Å²) < 4.78 is 31.1. The van der Waals surface area contributed by atoms with Crippen molar-refractivity contribution in [1.82, 2.24) is 4.72 Å². The normalized spacial score (nSPS) is 10.8. The first-order valence-electron chi connectivity index (χ1n) is 7.00. The van der Waals surface area contributed by atoms with Gasteiger partial charge in [0.05, 0.1) is 23.5 Å². The smallest absolute Gasteiger partial charge is 0.271 e. The number of anilines is 1. The number of hydrogen-bond acceptors (Lipinski definition) is 7. The lowest BCUT2D eigenvalue weighted by molar-refractivity contribution is -0.384. The highest BCUT2D eigenvalue weighted by Gasteiger charge is 2.17. The van der Waals surface area contributed by atoms with Crippen LogP contribution in [0, 0.1) is 10.1 Å². The summed E-state index contributed by atoms with van der Waals surface area (Å²) in [5, 5.41) is 13.3. The van der Waals surface area contributed by atoms with Gasteiger partial charge in [0.25, 0.3) is 21.6 Å². The van der Waals surface area contributed by atoms with Gasteiger partial charge in [-0.1, -0.05) is 6.07 Å². The van der Waals surface area contributed by atoms with Gasteiger partial charge in [-0.05, 0) is 30.3 Å². The second kappa shape index (κ2) is 7.62. The third-order valence-electron chi connectivity index (χ3n) is 3.13. The maximum Gasteiger partial charge on any atom is 0.271 e. The summed E-state index contributed by atoms with van der Waals surface area (Å²) in [6.45, 7) is -0.365. The maximum absolute atomic E-state index is 12.1. The van der Waals surface area contributed by atoms with Crippen LogP contribution in [0.15, 0.2) is 53.4 Å². The first-order chi connectivity index (χ1) is 11.8. The number of carbonyl (C=O) groups is 1. The predicted molar refractivity (Wildman–Crippen MR) is 89.9 cm³/mol. The number of carbonyl (C=O) groups excluding carboxylic acids is 1. The van der Waals surface area contributed by atoms with E-state index in [1.807, 2.05) is 4.72 Å². The summed E-state index contributed by atoms with van der Waals surface area (Å²) in [7, 11) is -2.56. The van der Waals surface area contributed by atoms with Gasteiger partial charge in [-0.25, -0.2) is 13.1 Å². The number of ether oxygens (including phenoxy) is 1. The minimum absolute atomic E-state index is 0.0861. The minimum atomic E-state index is -4.01. The molecular formula is C15H15N3O6S. The molecular weight excluding hydrogens is 350 g/mol. The minimum Gasteiger partial charge on any atom is -0.497 e. The Balaban J connectivity index is 1.99. The Bertz CT molecular complexity index is 880. The molecule has 2 rings (SSSR count). The molecule has 0 aliphatic carbocycles. The second-order valence-corrected chi connectivity index (χ2v) is 6.55. The molecule has 0 unspecified atom stereocenters. The van der Waals surface area contributed by atoms with E-state index in [1.165, 1.54) is 55.6 Å². The standard InChI is InChI=1S/C15H15N3O6S/c1-24-13-5-7-14(8-6-13)25(22,23)17-15(19)10-16-11-3-2-4-12(9-11)18(20)21/h2-9,16H,10H2,1H3,(H,17,19). The molecule has 0 saturated carbocycles. The van der Waals surface area contributed by atoms with Crippen molar-refractivity contribution in [3.8, 4) is 5.75 Å². The quantitative estimate of drug-likeness (QED) is 0.562. The summed E-state index contributed by atoms with van der Waals surface area (Å²) in [6.07, 6.45) is 0. The molecule has 0 bridgehead atoms. The predicted octanol–water partition coefficient (Wildman–Crippen LogP) is 1.52. The van der Waals surface area contributed by atoms with Crippen LogP contribution in [0.5, 0.6) is 5.75 Å². The molecule has 25 heavy (non-hydrogen) atoms. The van der Waals surface area contributed by atoms with Gasteiger partial charge in [0.2, 0.25) is 0 Å². The molecule has 1 amide bonds. The first kappa shape index (κ1) is 18.2. The summed E-state index contributed by atoms with van der Waals surface area (Å²) in [5.74, 6) is -0.320. The molecule has 0 atom stereocenters. The lowest BCUT2D eigenvalue weighted by atomic mass is 10.3. The van der Waals surface area contributed by atoms with E-state index < -0.39 is 20.9 Å². The van der Waals surface area contributed by atoms with Gasteiger partial charge in [-0.15, -0.1) is 0 Å². The maximum atomic E-state index is 12.1. The van der Waals surface area contributed by atoms with Crippen LogP contribution in [0.2, 0.25) is 0 Å². The molecule has 0 fully saturated rings. The Morgan fingerprint density at radius 1 is 1.20 bits per heavy atom. The van der Waals surface area contributed by atoms with E-state index in [-0.39, 0.29) is 17.1 Å². The number of benzene rings is 2. The van der Waals surface area contributed by atoms with E-state index in [9.17, 15) is 23.3 Å². The molecule has 0 radical (unpaired) electrons. The van der Waals surface area contributed by atoms with Gasteiger partial charge in [0.1, 0.15) is 5.75 Å². The van der Waals surface area contributed by atoms with E-state index in [1.54, 1.807) is 0 Å². The molecule has 0 aliphatic rings. The van der Waals surface area contributed by atoms with Crippen molar-refractivity contribution in [2.75, 3.05) is 19.0 Å². The Kier molecular flexibility index (Phi) is 5.55. The van der Waals surface area contributed by atoms with Gasteiger partial charge in [-0.3, -0.25) is 14.9 Å². The van der Waals surface area contributed by atoms with Crippen molar-refractivity contribution >= 4 is 27.3 Å². The van der Waals surface area contributed by atoms with Crippen molar-refractivity contribution in [3.05, 3.63) is 58.6 Å². The van der Waals surface area contributed by atoms with Crippen molar-refractivity contribution in [2.45, 2.75) is 4.90 Å². The Hall–Kier alpha value is -3.14. The Labute approximate surface area is 143 Å². The zero-order valence-electron chi connectivity index (χ0n) is 13.1. The third-order valence-corrected chi connectivity index (χ3v) is 4.52. The fraction of sp³-hybridized carbons (Fsp3) is 0.133. The van der Waals surface area contributed by atoms with Crippen molar-refractivity contribution in [3.63, 3.8) is 0 Å². The molecule has 0 saturated heterocycles. The SMILES string of the molecule is COc1ccc(S(=O)(=O)NC(=O)CNc2cccc([N+](=O)[O-])c2)cc1. The van der Waals surface area contributed by atoms with Crippen molar-refractivity contribution < 1.29 is 22.9 Å². The van der Waals surface area contributed by atoms with Gasteiger partial charge in [-0.2, -0.15) is 0 Å². The number of non-ortho nitro benzene ring substituents is 1. The lowest BCUT2D eigenvalue weighted by Gasteiger charge is -2.09. The Morgan fingerprint density at radius 2 is 1.88 bits per heavy atom. The largest absolute Gasteiger partial charge is 0.497 e. The average molecular weight is 365 g/mol. The first-order valence-corrected chi connectivity index (χ1v) is 8.48. The molecule has 0 aromatic heterocycles. The van der Waals surface area contributed by atoms with E-state index in [2.05, 4.69) is 5.32 Å². The van der Waals surface area contributed by atoms with Crippen LogP contribution in [-0.2, 0) is 14.8 Å². The van der Waals surface area contributed by atoms with Gasteiger partial charge in [0.15, 0.2) is 0 Å². The zero-order valence-corrected chi connectivity index (χ0v) is 13.9. The van der Waals surface area contributed by atoms with Crippen LogP contribution in [0.4, 0.5) is 11.4 Å². The van der Waals surface area contributed by atoms with Crippen molar-refractivity contribution in [2.24, 2.45) is 0 Å². The summed E-state index contributed by atoms with van der Waals surface area (Å²) >= 11 is 0. The summed E-state index contributed by atoms with van der Waals surface area (Å²) in [4.78, 5) is 21.9. The number of nitrogens with zero attached hydrogens (tertiary/aromatic N) is 1. The topological polar surface area (TPSA) is 128 Å². The number of nitrogens with one attached hydrogen (secondary N) is 2. The van der Waals surface area contributed by atoms with Gasteiger partial charge in [0, 0.05) is 17.8 Å².